The molecule has 0 fully saturated rings. The first-order chi connectivity index (χ1) is 8.70. The molecule has 4 heteroatoms. The van der Waals surface area contributed by atoms with Crippen LogP contribution in [-0.4, -0.2) is 11.4 Å². The number of benzene rings is 2. The van der Waals surface area contributed by atoms with Crippen LogP contribution in [0, 0.1) is 0 Å². The van der Waals surface area contributed by atoms with E-state index in [0.717, 1.165) is 5.56 Å². The maximum Gasteiger partial charge on any atom is 0.157 e. The zero-order valence-electron chi connectivity index (χ0n) is 9.47. The van der Waals surface area contributed by atoms with Crippen LogP contribution in [0.1, 0.15) is 15.9 Å². The van der Waals surface area contributed by atoms with Gasteiger partial charge < -0.3 is 9.84 Å². The van der Waals surface area contributed by atoms with Crippen molar-refractivity contribution in [3.05, 3.63) is 58.6 Å². The number of carbonyl (C=O) groups is 1. The standard InChI is InChI=1S/C14H11ClO3/c15-11-6-4-10(5-7-11)9-18-14-3-1-2-13(17)12(14)8-16/h1-8,17H,9H2. The fourth-order valence-electron chi connectivity index (χ4n) is 1.52. The second kappa shape index (κ2) is 5.56. The van der Waals surface area contributed by atoms with Crippen LogP contribution in [-0.2, 0) is 6.61 Å². The molecule has 0 amide bonds. The molecule has 1 N–H and O–H groups in total. The van der Waals surface area contributed by atoms with Crippen molar-refractivity contribution < 1.29 is 14.6 Å². The molecule has 0 unspecified atom stereocenters. The number of hydrogen-bond donors (Lipinski definition) is 1. The van der Waals surface area contributed by atoms with Crippen molar-refractivity contribution in [3.8, 4) is 11.5 Å². The second-order valence-corrected chi connectivity index (χ2v) is 4.16. The quantitative estimate of drug-likeness (QED) is 0.859. The number of aldehydes is 1. The van der Waals surface area contributed by atoms with Crippen LogP contribution in [0.5, 0.6) is 11.5 Å². The van der Waals surface area contributed by atoms with E-state index in [9.17, 15) is 9.90 Å². The molecular formula is C14H11ClO3. The molecule has 0 saturated carbocycles. The summed E-state index contributed by atoms with van der Waals surface area (Å²) in [6.07, 6.45) is 0.576. The number of ether oxygens (including phenoxy) is 1. The van der Waals surface area contributed by atoms with Crippen LogP contribution in [0.2, 0.25) is 5.02 Å². The smallest absolute Gasteiger partial charge is 0.157 e. The monoisotopic (exact) mass is 262 g/mol. The summed E-state index contributed by atoms with van der Waals surface area (Å²) in [5, 5.41) is 10.2. The van der Waals surface area contributed by atoms with Gasteiger partial charge in [0.25, 0.3) is 0 Å². The van der Waals surface area contributed by atoms with Gasteiger partial charge in [0.2, 0.25) is 0 Å². The number of aromatic hydroxyl groups is 1. The van der Waals surface area contributed by atoms with Crippen molar-refractivity contribution >= 4 is 17.9 Å². The van der Waals surface area contributed by atoms with E-state index in [2.05, 4.69) is 0 Å². The highest BCUT2D eigenvalue weighted by Gasteiger charge is 2.07. The van der Waals surface area contributed by atoms with E-state index in [1.54, 1.807) is 24.3 Å². The molecule has 0 heterocycles. The Morgan fingerprint density at radius 3 is 2.56 bits per heavy atom. The van der Waals surface area contributed by atoms with Gasteiger partial charge in [-0.05, 0) is 29.8 Å². The van der Waals surface area contributed by atoms with Crippen molar-refractivity contribution in [2.45, 2.75) is 6.61 Å². The number of rotatable bonds is 4. The van der Waals surface area contributed by atoms with Crippen molar-refractivity contribution in [1.29, 1.82) is 0 Å². The molecule has 0 bridgehead atoms. The van der Waals surface area contributed by atoms with Crippen molar-refractivity contribution in [2.24, 2.45) is 0 Å². The summed E-state index contributed by atoms with van der Waals surface area (Å²) in [6, 6.07) is 11.9. The summed E-state index contributed by atoms with van der Waals surface area (Å²) in [7, 11) is 0. The maximum absolute atomic E-state index is 10.8. The first-order valence-corrected chi connectivity index (χ1v) is 5.73. The van der Waals surface area contributed by atoms with E-state index in [0.29, 0.717) is 23.7 Å². The third kappa shape index (κ3) is 2.81. The number of phenolic OH excluding ortho intramolecular Hbond substituents is 1. The molecule has 0 saturated heterocycles. The third-order valence-corrected chi connectivity index (χ3v) is 2.72. The van der Waals surface area contributed by atoms with Crippen LogP contribution in [0.15, 0.2) is 42.5 Å². The van der Waals surface area contributed by atoms with Crippen molar-refractivity contribution in [2.75, 3.05) is 0 Å². The maximum atomic E-state index is 10.8. The number of halogens is 1. The molecule has 0 aliphatic heterocycles. The Kier molecular flexibility index (Phi) is 3.85. The molecule has 0 aliphatic rings. The molecule has 0 radical (unpaired) electrons. The minimum atomic E-state index is -0.0846. The summed E-state index contributed by atoms with van der Waals surface area (Å²) < 4.78 is 5.50. The van der Waals surface area contributed by atoms with Gasteiger partial charge in [0.1, 0.15) is 18.1 Å². The van der Waals surface area contributed by atoms with Crippen LogP contribution < -0.4 is 4.74 Å². The molecule has 3 nitrogen and oxygen atoms in total. The number of hydrogen-bond acceptors (Lipinski definition) is 3. The average Bonchev–Trinajstić information content (AvgIpc) is 2.38. The van der Waals surface area contributed by atoms with Gasteiger partial charge in [-0.2, -0.15) is 0 Å². The van der Waals surface area contributed by atoms with E-state index >= 15 is 0 Å². The summed E-state index contributed by atoms with van der Waals surface area (Å²) in [5.41, 5.74) is 1.09. The van der Waals surface area contributed by atoms with Crippen LogP contribution in [0.25, 0.3) is 0 Å². The molecule has 0 atom stereocenters. The highest BCUT2D eigenvalue weighted by atomic mass is 35.5. The highest BCUT2D eigenvalue weighted by Crippen LogP contribution is 2.26. The van der Waals surface area contributed by atoms with Gasteiger partial charge in [0, 0.05) is 5.02 Å². The van der Waals surface area contributed by atoms with E-state index in [1.807, 2.05) is 12.1 Å². The van der Waals surface area contributed by atoms with Crippen molar-refractivity contribution in [3.63, 3.8) is 0 Å². The fourth-order valence-corrected chi connectivity index (χ4v) is 1.64. The first-order valence-electron chi connectivity index (χ1n) is 5.35. The van der Waals surface area contributed by atoms with Gasteiger partial charge in [-0.25, -0.2) is 0 Å². The first kappa shape index (κ1) is 12.5. The summed E-state index contributed by atoms with van der Waals surface area (Å²) in [5.74, 6) is 0.276. The second-order valence-electron chi connectivity index (χ2n) is 3.72. The van der Waals surface area contributed by atoms with Gasteiger partial charge >= 0.3 is 0 Å². The lowest BCUT2D eigenvalue weighted by Crippen LogP contribution is -1.98. The number of phenols is 1. The zero-order chi connectivity index (χ0) is 13.0. The normalized spacial score (nSPS) is 10.1. The summed E-state index contributed by atoms with van der Waals surface area (Å²) in [4.78, 5) is 10.8. The molecule has 0 aromatic heterocycles. The van der Waals surface area contributed by atoms with Crippen LogP contribution in [0.3, 0.4) is 0 Å². The molecule has 2 aromatic carbocycles. The highest BCUT2D eigenvalue weighted by molar-refractivity contribution is 6.30. The lowest BCUT2D eigenvalue weighted by Gasteiger charge is -2.09. The van der Waals surface area contributed by atoms with Gasteiger partial charge in [-0.15, -0.1) is 0 Å². The Hall–Kier alpha value is -2.00. The predicted octanol–water partition coefficient (Wildman–Crippen LogP) is 3.44. The van der Waals surface area contributed by atoms with Crippen LogP contribution in [0.4, 0.5) is 0 Å². The lowest BCUT2D eigenvalue weighted by molar-refractivity contribution is 0.111. The predicted molar refractivity (Wildman–Crippen MR) is 69.3 cm³/mol. The van der Waals surface area contributed by atoms with Gasteiger partial charge in [-0.1, -0.05) is 29.8 Å². The van der Waals surface area contributed by atoms with E-state index in [4.69, 9.17) is 16.3 Å². The molecule has 2 aromatic rings. The largest absolute Gasteiger partial charge is 0.507 e. The number of carbonyl (C=O) groups excluding carboxylic acids is 1. The van der Waals surface area contributed by atoms with Gasteiger partial charge in [-0.3, -0.25) is 4.79 Å². The van der Waals surface area contributed by atoms with Crippen LogP contribution >= 0.6 is 11.6 Å². The SMILES string of the molecule is O=Cc1c(O)cccc1OCc1ccc(Cl)cc1. The van der Waals surface area contributed by atoms with E-state index < -0.39 is 0 Å². The molecular weight excluding hydrogens is 252 g/mol. The topological polar surface area (TPSA) is 46.5 Å². The van der Waals surface area contributed by atoms with Gasteiger partial charge in [0.15, 0.2) is 6.29 Å². The molecule has 92 valence electrons. The Balaban J connectivity index is 2.13. The molecule has 0 aliphatic carbocycles. The Bertz CT molecular complexity index is 549. The minimum Gasteiger partial charge on any atom is -0.507 e. The average molecular weight is 263 g/mol. The van der Waals surface area contributed by atoms with E-state index in [-0.39, 0.29) is 11.3 Å². The molecule has 18 heavy (non-hydrogen) atoms. The van der Waals surface area contributed by atoms with Crippen molar-refractivity contribution in [1.82, 2.24) is 0 Å². The third-order valence-electron chi connectivity index (χ3n) is 2.47. The Labute approximate surface area is 110 Å². The molecule has 2 rings (SSSR count). The van der Waals surface area contributed by atoms with E-state index in [1.165, 1.54) is 6.07 Å². The lowest BCUT2D eigenvalue weighted by atomic mass is 10.2. The minimum absolute atomic E-state index is 0.0846. The Morgan fingerprint density at radius 1 is 1.17 bits per heavy atom. The fraction of sp³-hybridized carbons (Fsp3) is 0.0714. The Morgan fingerprint density at radius 2 is 1.89 bits per heavy atom. The summed E-state index contributed by atoms with van der Waals surface area (Å²) >= 11 is 5.78. The summed E-state index contributed by atoms with van der Waals surface area (Å²) in [6.45, 7) is 0.307. The zero-order valence-corrected chi connectivity index (χ0v) is 10.2. The van der Waals surface area contributed by atoms with Gasteiger partial charge in [0.05, 0.1) is 5.56 Å². The molecule has 0 spiro atoms.